The van der Waals surface area contributed by atoms with Crippen molar-refractivity contribution in [3.05, 3.63) is 45.9 Å². The number of benzene rings is 1. The number of esters is 1. The van der Waals surface area contributed by atoms with E-state index in [4.69, 9.17) is 16.3 Å². The molecule has 0 radical (unpaired) electrons. The first kappa shape index (κ1) is 27.6. The summed E-state index contributed by atoms with van der Waals surface area (Å²) in [5.74, 6) is -1.42. The van der Waals surface area contributed by atoms with Gasteiger partial charge in [-0.05, 0) is 45.7 Å². The Morgan fingerprint density at radius 1 is 1.28 bits per heavy atom. The maximum absolute atomic E-state index is 12.9. The van der Waals surface area contributed by atoms with Gasteiger partial charge >= 0.3 is 5.97 Å². The van der Waals surface area contributed by atoms with E-state index in [1.807, 2.05) is 13.8 Å². The zero-order valence-electron chi connectivity index (χ0n) is 20.7. The number of halogens is 1. The number of amides is 3. The molecule has 3 amide bonds. The predicted octanol–water partition coefficient (Wildman–Crippen LogP) is 3.63. The van der Waals surface area contributed by atoms with E-state index < -0.39 is 5.91 Å². The average Bonchev–Trinajstić information content (AvgIpc) is 3.28. The molecule has 0 spiro atoms. The van der Waals surface area contributed by atoms with Crippen molar-refractivity contribution < 1.29 is 23.9 Å². The van der Waals surface area contributed by atoms with Crippen LogP contribution in [0.2, 0.25) is 5.02 Å². The Labute approximate surface area is 219 Å². The molecular weight excluding hydrogens is 504 g/mol. The van der Waals surface area contributed by atoms with Crippen LogP contribution in [0.1, 0.15) is 49.7 Å². The van der Waals surface area contributed by atoms with E-state index in [1.165, 1.54) is 16.2 Å². The first-order valence-corrected chi connectivity index (χ1v) is 13.2. The molecule has 2 aromatic rings. The second kappa shape index (κ2) is 12.8. The molecule has 194 valence electrons. The van der Waals surface area contributed by atoms with E-state index in [0.29, 0.717) is 47.5 Å². The zero-order chi connectivity index (χ0) is 26.2. The Morgan fingerprint density at radius 2 is 2.03 bits per heavy atom. The van der Waals surface area contributed by atoms with Crippen LogP contribution >= 0.6 is 22.9 Å². The van der Waals surface area contributed by atoms with Gasteiger partial charge < -0.3 is 19.9 Å². The largest absolute Gasteiger partial charge is 0.466 e. The summed E-state index contributed by atoms with van der Waals surface area (Å²) in [6.45, 7) is 6.49. The third kappa shape index (κ3) is 7.27. The van der Waals surface area contributed by atoms with E-state index in [9.17, 15) is 19.2 Å². The molecule has 11 heteroatoms. The average molecular weight is 535 g/mol. The minimum Gasteiger partial charge on any atom is -0.466 e. The summed E-state index contributed by atoms with van der Waals surface area (Å²) >= 11 is 7.37. The molecule has 1 aromatic carbocycles. The number of likely N-dealkylation sites (tertiary alicyclic amines) is 1. The van der Waals surface area contributed by atoms with Gasteiger partial charge in [-0.1, -0.05) is 23.7 Å². The van der Waals surface area contributed by atoms with Crippen molar-refractivity contribution in [2.45, 2.75) is 46.1 Å². The van der Waals surface area contributed by atoms with E-state index in [2.05, 4.69) is 10.3 Å². The molecule has 1 atom stereocenters. The zero-order valence-corrected chi connectivity index (χ0v) is 22.2. The summed E-state index contributed by atoms with van der Waals surface area (Å²) < 4.78 is 5.10. The van der Waals surface area contributed by atoms with Crippen LogP contribution in [0.4, 0.5) is 5.13 Å². The van der Waals surface area contributed by atoms with E-state index in [-0.39, 0.29) is 42.7 Å². The number of nitrogens with one attached hydrogen (secondary N) is 1. The lowest BCUT2D eigenvalue weighted by Gasteiger charge is -2.31. The fourth-order valence-electron chi connectivity index (χ4n) is 3.96. The molecular formula is C25H31ClN4O5S. The van der Waals surface area contributed by atoms with Crippen LogP contribution in [-0.2, 0) is 25.5 Å². The van der Waals surface area contributed by atoms with Crippen molar-refractivity contribution >= 4 is 51.8 Å². The van der Waals surface area contributed by atoms with Gasteiger partial charge in [-0.15, -0.1) is 11.3 Å². The second-order valence-corrected chi connectivity index (χ2v) is 10.1. The number of ether oxygens (including phenoxy) is 1. The van der Waals surface area contributed by atoms with E-state index in [1.54, 1.807) is 41.5 Å². The molecule has 1 unspecified atom stereocenters. The molecule has 1 fully saturated rings. The number of anilines is 1. The van der Waals surface area contributed by atoms with E-state index >= 15 is 0 Å². The number of piperidine rings is 1. The third-order valence-electron chi connectivity index (χ3n) is 5.83. The summed E-state index contributed by atoms with van der Waals surface area (Å²) in [5, 5.41) is 5.10. The molecule has 1 aliphatic heterocycles. The topological polar surface area (TPSA) is 109 Å². The highest BCUT2D eigenvalue weighted by atomic mass is 35.5. The fourth-order valence-corrected chi connectivity index (χ4v) is 4.90. The van der Waals surface area contributed by atoms with Gasteiger partial charge in [0.25, 0.3) is 5.91 Å². The van der Waals surface area contributed by atoms with Gasteiger partial charge in [0.15, 0.2) is 5.13 Å². The predicted molar refractivity (Wildman–Crippen MR) is 138 cm³/mol. The van der Waals surface area contributed by atoms with Crippen LogP contribution < -0.4 is 5.32 Å². The smallest absolute Gasteiger partial charge is 0.310 e. The Morgan fingerprint density at radius 3 is 2.72 bits per heavy atom. The van der Waals surface area contributed by atoms with Crippen molar-refractivity contribution in [1.29, 1.82) is 0 Å². The van der Waals surface area contributed by atoms with Crippen LogP contribution in [0.15, 0.2) is 29.6 Å². The van der Waals surface area contributed by atoms with Crippen LogP contribution in [-0.4, -0.2) is 70.8 Å². The van der Waals surface area contributed by atoms with Gasteiger partial charge in [-0.3, -0.25) is 19.2 Å². The maximum Gasteiger partial charge on any atom is 0.310 e. The molecule has 3 rings (SSSR count). The summed E-state index contributed by atoms with van der Waals surface area (Å²) in [7, 11) is 0. The van der Waals surface area contributed by atoms with Gasteiger partial charge in [-0.25, -0.2) is 4.98 Å². The molecule has 2 heterocycles. The van der Waals surface area contributed by atoms with Gasteiger partial charge in [0.05, 0.1) is 35.2 Å². The van der Waals surface area contributed by atoms with Gasteiger partial charge in [0.2, 0.25) is 11.8 Å². The van der Waals surface area contributed by atoms with Crippen molar-refractivity contribution in [3.8, 4) is 0 Å². The van der Waals surface area contributed by atoms with Crippen LogP contribution in [0.3, 0.4) is 0 Å². The van der Waals surface area contributed by atoms with E-state index in [0.717, 1.165) is 6.42 Å². The first-order valence-electron chi connectivity index (χ1n) is 11.9. The minimum absolute atomic E-state index is 0.0744. The Hall–Kier alpha value is -2.98. The minimum atomic E-state index is -0.398. The summed E-state index contributed by atoms with van der Waals surface area (Å²) in [5.41, 5.74) is 0.866. The molecule has 36 heavy (non-hydrogen) atoms. The highest BCUT2D eigenvalue weighted by Crippen LogP contribution is 2.22. The standard InChI is InChI=1S/C25H31ClN4O5S/c1-4-35-24(34)17-8-7-11-29(13-17)22(32)12-18-15-36-25(27-18)28-21(31)14-30(16(2)3)23(33)19-9-5-6-10-20(19)26/h5-6,9-10,15-17H,4,7-8,11-14H2,1-3H3,(H,27,28,31). The van der Waals surface area contributed by atoms with Crippen LogP contribution in [0, 0.1) is 5.92 Å². The molecule has 0 aliphatic carbocycles. The number of hydrogen-bond donors (Lipinski definition) is 1. The highest BCUT2D eigenvalue weighted by Gasteiger charge is 2.29. The van der Waals surface area contributed by atoms with Gasteiger partial charge in [0, 0.05) is 24.5 Å². The quantitative estimate of drug-likeness (QED) is 0.492. The Bertz CT molecular complexity index is 1110. The van der Waals surface area contributed by atoms with Gasteiger partial charge in [-0.2, -0.15) is 0 Å². The van der Waals surface area contributed by atoms with Crippen molar-refractivity contribution in [3.63, 3.8) is 0 Å². The molecule has 1 aromatic heterocycles. The maximum atomic E-state index is 12.9. The third-order valence-corrected chi connectivity index (χ3v) is 6.96. The lowest BCUT2D eigenvalue weighted by atomic mass is 9.98. The molecule has 0 bridgehead atoms. The monoisotopic (exact) mass is 534 g/mol. The molecule has 0 saturated carbocycles. The molecule has 1 saturated heterocycles. The molecule has 1 aliphatic rings. The highest BCUT2D eigenvalue weighted by molar-refractivity contribution is 7.13. The van der Waals surface area contributed by atoms with Crippen molar-refractivity contribution in [1.82, 2.24) is 14.8 Å². The lowest BCUT2D eigenvalue weighted by Crippen LogP contribution is -2.43. The van der Waals surface area contributed by atoms with Gasteiger partial charge in [0.1, 0.15) is 6.54 Å². The molecule has 9 nitrogen and oxygen atoms in total. The number of rotatable bonds is 9. The number of aromatic nitrogens is 1. The SMILES string of the molecule is CCOC(=O)C1CCCN(C(=O)Cc2csc(NC(=O)CN(C(=O)c3ccccc3Cl)C(C)C)n2)C1. The molecule has 1 N–H and O–H groups in total. The number of thiazole rings is 1. The summed E-state index contributed by atoms with van der Waals surface area (Å²) in [4.78, 5) is 57.9. The Kier molecular flexibility index (Phi) is 9.83. The first-order chi connectivity index (χ1) is 17.2. The van der Waals surface area contributed by atoms with Crippen molar-refractivity contribution in [2.24, 2.45) is 5.92 Å². The second-order valence-electron chi connectivity index (χ2n) is 8.81. The van der Waals surface area contributed by atoms with Crippen LogP contribution in [0.25, 0.3) is 0 Å². The number of nitrogens with zero attached hydrogens (tertiary/aromatic N) is 3. The fraction of sp³-hybridized carbons (Fsp3) is 0.480. The van der Waals surface area contributed by atoms with Crippen LogP contribution in [0.5, 0.6) is 0 Å². The normalized spacial score (nSPS) is 15.5. The van der Waals surface area contributed by atoms with Crippen molar-refractivity contribution in [2.75, 3.05) is 31.6 Å². The summed E-state index contributed by atoms with van der Waals surface area (Å²) in [6.07, 6.45) is 1.53. The number of carbonyl (C=O) groups is 4. The lowest BCUT2D eigenvalue weighted by molar-refractivity contribution is -0.151. The number of hydrogen-bond acceptors (Lipinski definition) is 7. The summed E-state index contributed by atoms with van der Waals surface area (Å²) in [6, 6.07) is 6.48. The Balaban J connectivity index is 1.56. The number of carbonyl (C=O) groups excluding carboxylic acids is 4.